The third kappa shape index (κ3) is 4.24. The van der Waals surface area contributed by atoms with Crippen LogP contribution in [0.25, 0.3) is 0 Å². The number of carbonyl (C=O) groups excluding carboxylic acids is 1. The van der Waals surface area contributed by atoms with Crippen LogP contribution >= 0.6 is 0 Å². The highest BCUT2D eigenvalue weighted by Crippen LogP contribution is 2.15. The fourth-order valence-electron chi connectivity index (χ4n) is 1.81. The highest BCUT2D eigenvalue weighted by atomic mass is 32.2. The highest BCUT2D eigenvalue weighted by Gasteiger charge is 2.14. The number of carbonyl (C=O) groups is 1. The molecule has 0 saturated carbocycles. The summed E-state index contributed by atoms with van der Waals surface area (Å²) in [6.45, 7) is 3.50. The maximum atomic E-state index is 13.1. The van der Waals surface area contributed by atoms with E-state index >= 15 is 0 Å². The smallest absolute Gasteiger partial charge is 0.255 e. The van der Waals surface area contributed by atoms with Crippen LogP contribution in [0.2, 0.25) is 0 Å². The molecular weight excluding hydrogens is 338 g/mol. The molecule has 2 N–H and O–H groups in total. The maximum Gasteiger partial charge on any atom is 0.255 e. The quantitative estimate of drug-likeness (QED) is 0.785. The molecule has 0 saturated heterocycles. The third-order valence-corrected chi connectivity index (χ3v) is 4.46. The second kappa shape index (κ2) is 7.33. The number of benzene rings is 2. The fourth-order valence-corrected chi connectivity index (χ4v) is 2.81. The Morgan fingerprint density at radius 3 is 2.33 bits per heavy atom. The van der Waals surface area contributed by atoms with E-state index in [1.165, 1.54) is 36.4 Å². The average molecular weight is 352 g/mol. The van der Waals surface area contributed by atoms with Crippen LogP contribution in [0.1, 0.15) is 10.4 Å². The molecule has 0 atom stereocenters. The van der Waals surface area contributed by atoms with Crippen LogP contribution in [0, 0.1) is 11.6 Å². The first-order valence-electron chi connectivity index (χ1n) is 6.80. The predicted molar refractivity (Wildman–Crippen MR) is 86.1 cm³/mol. The maximum absolute atomic E-state index is 13.1. The molecule has 8 heteroatoms. The first-order chi connectivity index (χ1) is 11.3. The van der Waals surface area contributed by atoms with Gasteiger partial charge >= 0.3 is 0 Å². The van der Waals surface area contributed by atoms with Gasteiger partial charge in [-0.1, -0.05) is 6.08 Å². The summed E-state index contributed by atoms with van der Waals surface area (Å²) in [4.78, 5) is 12.0. The number of sulfonamides is 1. The Bertz CT molecular complexity index is 865. The minimum atomic E-state index is -3.68. The molecule has 0 radical (unpaired) electrons. The normalized spacial score (nSPS) is 11.1. The molecular formula is C16H14F2N2O3S. The number of hydrogen-bond acceptors (Lipinski definition) is 3. The topological polar surface area (TPSA) is 75.3 Å². The van der Waals surface area contributed by atoms with Gasteiger partial charge in [-0.2, -0.15) is 0 Å². The molecule has 0 aliphatic carbocycles. The first kappa shape index (κ1) is 17.8. The van der Waals surface area contributed by atoms with Gasteiger partial charge in [-0.25, -0.2) is 21.9 Å². The van der Waals surface area contributed by atoms with Crippen LogP contribution in [0.5, 0.6) is 0 Å². The molecule has 2 aromatic carbocycles. The van der Waals surface area contributed by atoms with Crippen LogP contribution in [0.15, 0.2) is 60.0 Å². The Morgan fingerprint density at radius 2 is 1.75 bits per heavy atom. The first-order valence-corrected chi connectivity index (χ1v) is 8.29. The summed E-state index contributed by atoms with van der Waals surface area (Å²) in [5, 5.41) is 2.39. The third-order valence-electron chi connectivity index (χ3n) is 3.02. The van der Waals surface area contributed by atoms with Crippen molar-refractivity contribution in [1.29, 1.82) is 0 Å². The molecule has 0 aromatic heterocycles. The van der Waals surface area contributed by atoms with Gasteiger partial charge in [0, 0.05) is 23.9 Å². The van der Waals surface area contributed by atoms with E-state index in [2.05, 4.69) is 16.6 Å². The zero-order valence-corrected chi connectivity index (χ0v) is 13.2. The van der Waals surface area contributed by atoms with Crippen molar-refractivity contribution in [3.05, 3.63) is 72.3 Å². The van der Waals surface area contributed by atoms with Crippen molar-refractivity contribution in [2.75, 3.05) is 11.9 Å². The average Bonchev–Trinajstić information content (AvgIpc) is 2.56. The molecule has 24 heavy (non-hydrogen) atoms. The Morgan fingerprint density at radius 1 is 1.08 bits per heavy atom. The van der Waals surface area contributed by atoms with Crippen molar-refractivity contribution >= 4 is 21.6 Å². The number of rotatable bonds is 6. The van der Waals surface area contributed by atoms with Gasteiger partial charge in [0.25, 0.3) is 5.91 Å². The van der Waals surface area contributed by atoms with E-state index in [0.29, 0.717) is 0 Å². The van der Waals surface area contributed by atoms with Crippen molar-refractivity contribution in [3.8, 4) is 0 Å². The largest absolute Gasteiger partial charge is 0.322 e. The molecule has 0 fully saturated rings. The van der Waals surface area contributed by atoms with Crippen LogP contribution in [0.3, 0.4) is 0 Å². The summed E-state index contributed by atoms with van der Waals surface area (Å²) in [5.74, 6) is -2.68. The van der Waals surface area contributed by atoms with Crippen LogP contribution in [-0.4, -0.2) is 20.9 Å². The van der Waals surface area contributed by atoms with E-state index < -0.39 is 27.6 Å². The van der Waals surface area contributed by atoms with E-state index in [4.69, 9.17) is 0 Å². The monoisotopic (exact) mass is 352 g/mol. The molecule has 0 spiro atoms. The van der Waals surface area contributed by atoms with E-state index in [-0.39, 0.29) is 22.7 Å². The number of hydrogen-bond donors (Lipinski definition) is 2. The zero-order chi connectivity index (χ0) is 17.7. The van der Waals surface area contributed by atoms with Crippen LogP contribution in [-0.2, 0) is 10.0 Å². The lowest BCUT2D eigenvalue weighted by molar-refractivity contribution is 0.102. The molecule has 1 amide bonds. The highest BCUT2D eigenvalue weighted by molar-refractivity contribution is 7.89. The van der Waals surface area contributed by atoms with Crippen LogP contribution in [0.4, 0.5) is 14.5 Å². The summed E-state index contributed by atoms with van der Waals surface area (Å²) in [7, 11) is -3.68. The number of anilines is 1. The van der Waals surface area contributed by atoms with E-state index in [1.54, 1.807) is 0 Å². The van der Waals surface area contributed by atoms with Gasteiger partial charge in [0.15, 0.2) is 11.6 Å². The molecule has 5 nitrogen and oxygen atoms in total. The Hall–Kier alpha value is -2.58. The standard InChI is InChI=1S/C16H14F2N2O3S/c1-2-9-19-24(22,23)13-6-3-11(4-7-13)16(21)20-12-5-8-14(17)15(18)10-12/h2-8,10,19H,1,9H2,(H,20,21). The lowest BCUT2D eigenvalue weighted by Crippen LogP contribution is -2.23. The van der Waals surface area contributed by atoms with Gasteiger partial charge in [-0.05, 0) is 36.4 Å². The Kier molecular flexibility index (Phi) is 5.42. The predicted octanol–water partition coefficient (Wildman–Crippen LogP) is 2.68. The molecule has 0 aliphatic heterocycles. The number of amides is 1. The minimum Gasteiger partial charge on any atom is -0.322 e. The van der Waals surface area contributed by atoms with E-state index in [0.717, 1.165) is 12.1 Å². The second-order valence-corrected chi connectivity index (χ2v) is 6.51. The molecule has 126 valence electrons. The summed E-state index contributed by atoms with van der Waals surface area (Å²) < 4.78 is 52.1. The molecule has 2 rings (SSSR count). The molecule has 0 unspecified atom stereocenters. The van der Waals surface area contributed by atoms with Crippen LogP contribution < -0.4 is 10.0 Å². The Labute approximate surface area is 138 Å². The molecule has 0 aliphatic rings. The fraction of sp³-hybridized carbons (Fsp3) is 0.0625. The van der Waals surface area contributed by atoms with Crippen molar-refractivity contribution in [2.45, 2.75) is 4.90 Å². The Balaban J connectivity index is 2.13. The summed E-state index contributed by atoms with van der Waals surface area (Å²) >= 11 is 0. The summed E-state index contributed by atoms with van der Waals surface area (Å²) in [6, 6.07) is 8.14. The van der Waals surface area contributed by atoms with Gasteiger partial charge in [-0.15, -0.1) is 6.58 Å². The van der Waals surface area contributed by atoms with Crippen molar-refractivity contribution in [2.24, 2.45) is 0 Å². The zero-order valence-electron chi connectivity index (χ0n) is 12.4. The van der Waals surface area contributed by atoms with E-state index in [9.17, 15) is 22.0 Å². The van der Waals surface area contributed by atoms with Gasteiger partial charge in [-0.3, -0.25) is 4.79 Å². The van der Waals surface area contributed by atoms with Gasteiger partial charge in [0.2, 0.25) is 10.0 Å². The SMILES string of the molecule is C=CCNS(=O)(=O)c1ccc(C(=O)Nc2ccc(F)c(F)c2)cc1. The number of nitrogens with one attached hydrogen (secondary N) is 2. The summed E-state index contributed by atoms with van der Waals surface area (Å²) in [6.07, 6.45) is 1.40. The van der Waals surface area contributed by atoms with Crippen molar-refractivity contribution in [3.63, 3.8) is 0 Å². The molecule has 0 bridgehead atoms. The lowest BCUT2D eigenvalue weighted by atomic mass is 10.2. The van der Waals surface area contributed by atoms with Crippen molar-refractivity contribution in [1.82, 2.24) is 4.72 Å². The van der Waals surface area contributed by atoms with Gasteiger partial charge in [0.1, 0.15) is 0 Å². The second-order valence-electron chi connectivity index (χ2n) is 4.75. The van der Waals surface area contributed by atoms with Crippen molar-refractivity contribution < 1.29 is 22.0 Å². The molecule has 0 heterocycles. The lowest BCUT2D eigenvalue weighted by Gasteiger charge is -2.08. The number of halogens is 2. The summed E-state index contributed by atoms with van der Waals surface area (Å²) in [5.41, 5.74) is 0.255. The molecule has 2 aromatic rings. The van der Waals surface area contributed by atoms with Gasteiger partial charge < -0.3 is 5.32 Å². The van der Waals surface area contributed by atoms with Gasteiger partial charge in [0.05, 0.1) is 4.90 Å². The van der Waals surface area contributed by atoms with E-state index in [1.807, 2.05) is 0 Å². The minimum absolute atomic E-state index is 0.00581.